The van der Waals surface area contributed by atoms with Crippen molar-refractivity contribution >= 4 is 43.6 Å². The van der Waals surface area contributed by atoms with Gasteiger partial charge in [0, 0.05) is 57.7 Å². The molecule has 4 aromatic carbocycles. The zero-order valence-electron chi connectivity index (χ0n) is 67.0. The van der Waals surface area contributed by atoms with Crippen LogP contribution in [-0.4, -0.2) is 157 Å². The molecule has 0 unspecified atom stereocenters. The number of nitrogens with zero attached hydrogens (tertiary/aromatic N) is 8. The van der Waals surface area contributed by atoms with Crippen LogP contribution in [0.5, 0.6) is 0 Å². The summed E-state index contributed by atoms with van der Waals surface area (Å²) in [4.78, 5) is 25.3. The smallest absolute Gasteiger partial charge is 0.117 e. The molecule has 3 aromatic heterocycles. The van der Waals surface area contributed by atoms with Crippen molar-refractivity contribution in [3.8, 4) is 45.0 Å². The van der Waals surface area contributed by atoms with Crippen LogP contribution < -0.4 is 9.13 Å². The molecule has 10 nitrogen and oxygen atoms in total. The van der Waals surface area contributed by atoms with E-state index in [1.807, 2.05) is 0 Å². The van der Waals surface area contributed by atoms with Gasteiger partial charge in [-0.1, -0.05) is 220 Å². The van der Waals surface area contributed by atoms with Gasteiger partial charge in [-0.3, -0.25) is 0 Å². The Bertz CT molecular complexity index is 3770. The molecular weight excluding hydrogens is 1250 g/mol. The molecule has 10 heteroatoms. The summed E-state index contributed by atoms with van der Waals surface area (Å²) in [5.74, 6) is 0.925. The van der Waals surface area contributed by atoms with Crippen molar-refractivity contribution in [1.29, 1.82) is 0 Å². The second kappa shape index (κ2) is 40.5. The van der Waals surface area contributed by atoms with Crippen molar-refractivity contribution in [2.45, 2.75) is 236 Å². The van der Waals surface area contributed by atoms with Crippen molar-refractivity contribution in [1.82, 2.24) is 39.4 Å². The van der Waals surface area contributed by atoms with Gasteiger partial charge in [0.05, 0.1) is 0 Å². The van der Waals surface area contributed by atoms with E-state index in [-0.39, 0.29) is 23.7 Å². The first-order valence-electron chi connectivity index (χ1n) is 41.8. The van der Waals surface area contributed by atoms with Gasteiger partial charge in [-0.05, 0) is 276 Å². The van der Waals surface area contributed by atoms with E-state index in [0.717, 1.165) is 233 Å². The van der Waals surface area contributed by atoms with E-state index in [1.54, 1.807) is 0 Å². The maximum atomic E-state index is 5.62. The summed E-state index contributed by atoms with van der Waals surface area (Å²) in [6.45, 7) is 52.2. The minimum absolute atomic E-state index is 0.212. The molecule has 5 heterocycles. The van der Waals surface area contributed by atoms with Crippen molar-refractivity contribution < 1.29 is 9.13 Å². The fraction of sp³-hybridized carbons (Fsp3) is 0.587. The molecule has 2 aliphatic heterocycles. The van der Waals surface area contributed by atoms with E-state index >= 15 is 0 Å². The summed E-state index contributed by atoms with van der Waals surface area (Å²) in [7, 11) is 11.2. The van der Waals surface area contributed by atoms with Crippen LogP contribution in [0, 0.1) is 14.1 Å². The molecule has 9 rings (SSSR count). The number of benzene rings is 4. The van der Waals surface area contributed by atoms with Gasteiger partial charge in [-0.15, -0.1) is 0 Å². The fourth-order valence-electron chi connectivity index (χ4n) is 18.3. The molecule has 0 spiro atoms. The van der Waals surface area contributed by atoms with Gasteiger partial charge in [-0.25, -0.2) is 0 Å². The summed E-state index contributed by atoms with van der Waals surface area (Å²) < 4.78 is 5.10. The van der Waals surface area contributed by atoms with Crippen LogP contribution in [-0.2, 0) is 0 Å². The highest BCUT2D eigenvalue weighted by atomic mass is 15.1. The number of aromatic nitrogens is 4. The average molecular weight is 1390 g/mol. The van der Waals surface area contributed by atoms with E-state index in [0.29, 0.717) is 0 Å². The first-order chi connectivity index (χ1) is 49.9. The monoisotopic (exact) mass is 1390 g/mol. The third-order valence-corrected chi connectivity index (χ3v) is 24.5. The SMILES string of the molecule is [CH2-][n+]1c2c(C(CCCC)CCCC)c3[nH]c(c(C(CCCN(CC)CC)CCCN(CC)CC)c4[n+]([CH2-])c(c(C(CCCN(CC)CC)CCCN(CC)CC)c5[nH]c(c(C(CCCN(CC)CC)CCCN(CC)CC)c1-c1ccccc1-2)c1ccccc51)-c1ccccc1-4)c1ccccc31. The summed E-state index contributed by atoms with van der Waals surface area (Å²) in [5.41, 5.74) is 21.1. The highest BCUT2D eigenvalue weighted by molar-refractivity contribution is 6.13. The van der Waals surface area contributed by atoms with Gasteiger partial charge in [0.15, 0.2) is 0 Å². The van der Waals surface area contributed by atoms with Gasteiger partial charge in [0.2, 0.25) is 0 Å². The Balaban J connectivity index is 1.63. The van der Waals surface area contributed by atoms with Crippen molar-refractivity contribution in [3.05, 3.63) is 133 Å². The maximum Gasteiger partial charge on any atom is 0.117 e. The molecule has 558 valence electrons. The van der Waals surface area contributed by atoms with E-state index in [9.17, 15) is 0 Å². The van der Waals surface area contributed by atoms with Crippen LogP contribution in [0.2, 0.25) is 0 Å². The Labute approximate surface area is 621 Å². The number of hydrogen-bond donors (Lipinski definition) is 2. The summed E-state index contributed by atoms with van der Waals surface area (Å²) in [5, 5.41) is 5.25. The lowest BCUT2D eigenvalue weighted by molar-refractivity contribution is -0.586. The van der Waals surface area contributed by atoms with Gasteiger partial charge in [-0.2, -0.15) is 0 Å². The standard InChI is InChI=1S/C92H140N10/c1-17-31-47-69(48-32-18-2)81-85-73-55-33-34-56-74(73)86(93-85)82(70(49-41-63-97(19-3)20-4)50-42-64-98(21-5)22-6)91-79-61-39-40-62-80(79)92(96(91)16)84(72(53-45-67-101(27-11)28-12)54-46-68-102(29-13)30-14)88-76-58-36-35-57-75(76)87(94-88)83(90-78-60-38-37-59-77(78)89(81)95(90)15)71(51-43-65-99(23-7)24-8)52-44-66-100(25-9)26-10/h33-40,55-62,69-72,93-94H,15-32,41-54,63-68H2,1-14H3. The van der Waals surface area contributed by atoms with Crippen molar-refractivity contribution in [3.63, 3.8) is 0 Å². The molecule has 0 fully saturated rings. The highest BCUT2D eigenvalue weighted by Crippen LogP contribution is 2.52. The minimum Gasteiger partial charge on any atom is -0.355 e. The van der Waals surface area contributed by atoms with Crippen molar-refractivity contribution in [2.75, 3.05) is 118 Å². The van der Waals surface area contributed by atoms with Gasteiger partial charge in [0.25, 0.3) is 0 Å². The summed E-state index contributed by atoms with van der Waals surface area (Å²) >= 11 is 0. The van der Waals surface area contributed by atoms with Gasteiger partial charge >= 0.3 is 0 Å². The Morgan fingerprint density at radius 3 is 0.618 bits per heavy atom. The third kappa shape index (κ3) is 18.4. The molecule has 0 atom stereocenters. The maximum absolute atomic E-state index is 5.62. The summed E-state index contributed by atoms with van der Waals surface area (Å²) in [6, 6.07) is 38.5. The zero-order valence-corrected chi connectivity index (χ0v) is 67.0. The lowest BCUT2D eigenvalue weighted by Gasteiger charge is -2.26. The Morgan fingerprint density at radius 2 is 0.441 bits per heavy atom. The van der Waals surface area contributed by atoms with Crippen LogP contribution in [0.3, 0.4) is 0 Å². The van der Waals surface area contributed by atoms with Crippen LogP contribution >= 0.6 is 0 Å². The van der Waals surface area contributed by atoms with E-state index in [4.69, 9.17) is 19.1 Å². The molecule has 0 amide bonds. The largest absolute Gasteiger partial charge is 0.355 e. The summed E-state index contributed by atoms with van der Waals surface area (Å²) in [6.07, 6.45) is 20.0. The molecule has 0 saturated heterocycles. The normalized spacial score (nSPS) is 12.6. The van der Waals surface area contributed by atoms with Crippen LogP contribution in [0.4, 0.5) is 0 Å². The van der Waals surface area contributed by atoms with Gasteiger partial charge < -0.3 is 48.5 Å². The first-order valence-corrected chi connectivity index (χ1v) is 41.8. The number of unbranched alkanes of at least 4 members (excludes halogenated alkanes) is 2. The van der Waals surface area contributed by atoms with Crippen molar-refractivity contribution in [2.24, 2.45) is 0 Å². The highest BCUT2D eigenvalue weighted by Gasteiger charge is 2.36. The zero-order chi connectivity index (χ0) is 72.7. The number of nitrogens with one attached hydrogen (secondary N) is 2. The van der Waals surface area contributed by atoms with E-state index < -0.39 is 0 Å². The third-order valence-electron chi connectivity index (χ3n) is 24.5. The Morgan fingerprint density at radius 1 is 0.265 bits per heavy atom. The minimum atomic E-state index is 0.212. The molecule has 8 bridgehead atoms. The van der Waals surface area contributed by atoms with E-state index in [1.165, 1.54) is 111 Å². The quantitative estimate of drug-likeness (QED) is 0.0293. The topological polar surface area (TPSA) is 58.8 Å². The number of hydrogen-bond acceptors (Lipinski definition) is 6. The predicted octanol–water partition coefficient (Wildman–Crippen LogP) is 21.8. The van der Waals surface area contributed by atoms with Crippen LogP contribution in [0.1, 0.15) is 258 Å². The molecule has 0 aliphatic carbocycles. The Hall–Kier alpha value is -5.98. The second-order valence-electron chi connectivity index (χ2n) is 29.9. The van der Waals surface area contributed by atoms with Crippen LogP contribution in [0.15, 0.2) is 97.1 Å². The lowest BCUT2D eigenvalue weighted by atomic mass is 9.84. The molecule has 0 saturated carbocycles. The lowest BCUT2D eigenvalue weighted by Crippen LogP contribution is -2.31. The number of rotatable bonds is 46. The molecular formula is C92H140N10. The molecule has 2 aliphatic rings. The number of fused-ring (bicyclic) bond motifs is 20. The molecule has 0 radical (unpaired) electrons. The number of H-pyrrole nitrogens is 2. The van der Waals surface area contributed by atoms with Gasteiger partial charge in [0.1, 0.15) is 22.8 Å². The Kier molecular flexibility index (Phi) is 31.8. The second-order valence-corrected chi connectivity index (χ2v) is 29.9. The van der Waals surface area contributed by atoms with E-state index in [2.05, 4.69) is 238 Å². The number of aromatic amines is 2. The first kappa shape index (κ1) is 80.1. The average Bonchev–Trinajstić information content (AvgIpc) is 1.55. The fourth-order valence-corrected chi connectivity index (χ4v) is 18.3. The molecule has 102 heavy (non-hydrogen) atoms. The molecule has 7 aromatic rings. The van der Waals surface area contributed by atoms with Crippen LogP contribution in [0.25, 0.3) is 88.6 Å². The predicted molar refractivity (Wildman–Crippen MR) is 443 cm³/mol. The molecule has 2 N–H and O–H groups in total.